The van der Waals surface area contributed by atoms with Crippen molar-refractivity contribution in [2.75, 3.05) is 18.0 Å². The summed E-state index contributed by atoms with van der Waals surface area (Å²) in [5.41, 5.74) is 2.22. The Morgan fingerprint density at radius 3 is 2.76 bits per heavy atom. The molecule has 1 saturated heterocycles. The Hall–Kier alpha value is -2.23. The number of hydrogen-bond acceptors (Lipinski definition) is 4. The van der Waals surface area contributed by atoms with E-state index in [1.54, 1.807) is 0 Å². The van der Waals surface area contributed by atoms with E-state index in [-0.39, 0.29) is 0 Å². The molecule has 3 rings (SSSR count). The van der Waals surface area contributed by atoms with Gasteiger partial charge < -0.3 is 15.1 Å². The van der Waals surface area contributed by atoms with Crippen LogP contribution in [0.1, 0.15) is 25.3 Å². The zero-order chi connectivity index (χ0) is 15.0. The first-order chi connectivity index (χ1) is 10.0. The Labute approximate surface area is 126 Å². The van der Waals surface area contributed by atoms with E-state index in [9.17, 15) is 0 Å². The molecule has 0 spiro atoms. The molecule has 21 heavy (non-hydrogen) atoms. The summed E-state index contributed by atoms with van der Waals surface area (Å²) < 4.78 is 0. The Bertz CT molecular complexity index is 597. The van der Waals surface area contributed by atoms with Crippen LogP contribution in [-0.4, -0.2) is 29.0 Å². The molecule has 4 heteroatoms. The summed E-state index contributed by atoms with van der Waals surface area (Å²) >= 11 is 0. The molecular formula is C17H22N4. The van der Waals surface area contributed by atoms with Gasteiger partial charge in [0, 0.05) is 31.2 Å². The van der Waals surface area contributed by atoms with E-state index in [0.717, 1.165) is 30.4 Å². The number of aromatic nitrogens is 1. The van der Waals surface area contributed by atoms with E-state index < -0.39 is 0 Å². The minimum Gasteiger partial charge on any atom is -0.352 e. The van der Waals surface area contributed by atoms with E-state index in [1.165, 1.54) is 5.56 Å². The third-order valence-corrected chi connectivity index (χ3v) is 4.07. The number of allylic oxidation sites excluding steroid dienone is 1. The lowest BCUT2D eigenvalue weighted by Gasteiger charge is -2.47. The van der Waals surface area contributed by atoms with Gasteiger partial charge in [0.1, 0.15) is 11.6 Å². The number of hydrogen-bond donors (Lipinski definition) is 1. The van der Waals surface area contributed by atoms with Gasteiger partial charge in [-0.3, -0.25) is 0 Å². The van der Waals surface area contributed by atoms with Crippen LogP contribution in [0.15, 0.2) is 55.3 Å². The van der Waals surface area contributed by atoms with Crippen LogP contribution in [0.3, 0.4) is 0 Å². The minimum atomic E-state index is 0.443. The maximum atomic E-state index is 4.49. The summed E-state index contributed by atoms with van der Waals surface area (Å²) in [5.74, 6) is 2.50. The Morgan fingerprint density at radius 1 is 1.33 bits per heavy atom. The van der Waals surface area contributed by atoms with Gasteiger partial charge in [0.05, 0.1) is 6.04 Å². The smallest absolute Gasteiger partial charge is 0.128 e. The second-order valence-corrected chi connectivity index (χ2v) is 5.98. The fraction of sp³-hybridized carbons (Fsp3) is 0.353. The fourth-order valence-corrected chi connectivity index (χ4v) is 2.68. The molecular weight excluding hydrogens is 260 g/mol. The molecule has 1 fully saturated rings. The van der Waals surface area contributed by atoms with Gasteiger partial charge in [-0.2, -0.15) is 0 Å². The quantitative estimate of drug-likeness (QED) is 0.924. The van der Waals surface area contributed by atoms with Gasteiger partial charge in [-0.05, 0) is 29.7 Å². The van der Waals surface area contributed by atoms with Crippen LogP contribution >= 0.6 is 0 Å². The summed E-state index contributed by atoms with van der Waals surface area (Å²) in [6, 6.07) is 4.73. The third-order valence-electron chi connectivity index (χ3n) is 4.07. The highest BCUT2D eigenvalue weighted by Crippen LogP contribution is 2.27. The number of nitrogens with zero attached hydrogens (tertiary/aromatic N) is 3. The standard InChI is InChI=1S/C17H22N4/c1-12(2)15-5-7-18-17(9-15)20-10-16(11-20)21-8-6-13(3)19-14(21)4/h5-9,12,16,19H,3-4,10-11H2,1-2H3. The average Bonchev–Trinajstić information content (AvgIpc) is 2.40. The molecule has 1 aromatic heterocycles. The first kappa shape index (κ1) is 13.7. The second-order valence-electron chi connectivity index (χ2n) is 5.98. The summed E-state index contributed by atoms with van der Waals surface area (Å²) in [7, 11) is 0. The number of anilines is 1. The first-order valence-electron chi connectivity index (χ1n) is 7.37. The second kappa shape index (κ2) is 5.28. The minimum absolute atomic E-state index is 0.443. The summed E-state index contributed by atoms with van der Waals surface area (Å²) in [4.78, 5) is 8.98. The summed E-state index contributed by atoms with van der Waals surface area (Å²) in [6.45, 7) is 14.3. The first-order valence-corrected chi connectivity index (χ1v) is 7.37. The molecule has 0 saturated carbocycles. The average molecular weight is 282 g/mol. The van der Waals surface area contributed by atoms with Crippen LogP contribution in [0, 0.1) is 0 Å². The molecule has 0 radical (unpaired) electrons. The van der Waals surface area contributed by atoms with Crippen molar-refractivity contribution in [1.82, 2.24) is 15.2 Å². The van der Waals surface area contributed by atoms with Crippen molar-refractivity contribution in [2.24, 2.45) is 0 Å². The maximum absolute atomic E-state index is 4.49. The lowest BCUT2D eigenvalue weighted by Crippen LogP contribution is -2.59. The van der Waals surface area contributed by atoms with Crippen molar-refractivity contribution < 1.29 is 0 Å². The zero-order valence-corrected chi connectivity index (χ0v) is 12.7. The van der Waals surface area contributed by atoms with Gasteiger partial charge in [-0.1, -0.05) is 27.0 Å². The van der Waals surface area contributed by atoms with Crippen LogP contribution in [0.2, 0.25) is 0 Å². The molecule has 1 N–H and O–H groups in total. The van der Waals surface area contributed by atoms with Gasteiger partial charge in [-0.25, -0.2) is 4.98 Å². The number of pyridine rings is 1. The Kier molecular flexibility index (Phi) is 3.45. The lowest BCUT2D eigenvalue weighted by atomic mass is 10.0. The van der Waals surface area contributed by atoms with Crippen molar-refractivity contribution in [3.05, 3.63) is 60.8 Å². The predicted molar refractivity (Wildman–Crippen MR) is 86.7 cm³/mol. The fourth-order valence-electron chi connectivity index (χ4n) is 2.68. The van der Waals surface area contributed by atoms with Crippen molar-refractivity contribution in [2.45, 2.75) is 25.8 Å². The van der Waals surface area contributed by atoms with Gasteiger partial charge in [0.25, 0.3) is 0 Å². The molecule has 3 heterocycles. The van der Waals surface area contributed by atoms with Gasteiger partial charge >= 0.3 is 0 Å². The number of rotatable bonds is 3. The van der Waals surface area contributed by atoms with Crippen molar-refractivity contribution >= 4 is 5.82 Å². The van der Waals surface area contributed by atoms with E-state index >= 15 is 0 Å². The Balaban J connectivity index is 1.66. The molecule has 0 bridgehead atoms. The van der Waals surface area contributed by atoms with Crippen molar-refractivity contribution in [3.63, 3.8) is 0 Å². The van der Waals surface area contributed by atoms with Crippen molar-refractivity contribution in [3.8, 4) is 0 Å². The third kappa shape index (κ3) is 2.66. The van der Waals surface area contributed by atoms with E-state index in [2.05, 4.69) is 65.4 Å². The molecule has 0 amide bonds. The van der Waals surface area contributed by atoms with Gasteiger partial charge in [-0.15, -0.1) is 0 Å². The van der Waals surface area contributed by atoms with Crippen LogP contribution in [-0.2, 0) is 0 Å². The summed E-state index contributed by atoms with van der Waals surface area (Å²) in [5, 5.41) is 3.17. The van der Waals surface area contributed by atoms with E-state index in [1.807, 2.05) is 12.3 Å². The topological polar surface area (TPSA) is 31.4 Å². The van der Waals surface area contributed by atoms with Crippen LogP contribution in [0.25, 0.3) is 0 Å². The van der Waals surface area contributed by atoms with Crippen LogP contribution in [0.5, 0.6) is 0 Å². The molecule has 1 aromatic rings. The monoisotopic (exact) mass is 282 g/mol. The molecule has 110 valence electrons. The molecule has 2 aliphatic rings. The number of nitrogens with one attached hydrogen (secondary N) is 1. The highest BCUT2D eigenvalue weighted by atomic mass is 15.4. The largest absolute Gasteiger partial charge is 0.352 e. The normalized spacial score (nSPS) is 19.0. The van der Waals surface area contributed by atoms with Crippen LogP contribution < -0.4 is 10.2 Å². The van der Waals surface area contributed by atoms with Crippen LogP contribution in [0.4, 0.5) is 5.82 Å². The highest BCUT2D eigenvalue weighted by molar-refractivity contribution is 5.45. The van der Waals surface area contributed by atoms with E-state index in [4.69, 9.17) is 0 Å². The molecule has 0 atom stereocenters. The maximum Gasteiger partial charge on any atom is 0.128 e. The van der Waals surface area contributed by atoms with Gasteiger partial charge in [0.15, 0.2) is 0 Å². The zero-order valence-electron chi connectivity index (χ0n) is 12.7. The molecule has 0 unspecified atom stereocenters. The molecule has 0 aromatic carbocycles. The molecule has 2 aliphatic heterocycles. The Morgan fingerprint density at radius 2 is 2.10 bits per heavy atom. The van der Waals surface area contributed by atoms with E-state index in [0.29, 0.717) is 12.0 Å². The van der Waals surface area contributed by atoms with Gasteiger partial charge in [0.2, 0.25) is 0 Å². The lowest BCUT2D eigenvalue weighted by molar-refractivity contribution is 0.267. The van der Waals surface area contributed by atoms with Crippen molar-refractivity contribution in [1.29, 1.82) is 0 Å². The SMILES string of the molecule is C=C1C=CN(C2CN(c3cc(C(C)C)ccn3)C2)C(=C)N1. The molecule has 0 aliphatic carbocycles. The predicted octanol–water partition coefficient (Wildman–Crippen LogP) is 2.80. The summed E-state index contributed by atoms with van der Waals surface area (Å²) in [6.07, 6.45) is 5.94. The highest BCUT2D eigenvalue weighted by Gasteiger charge is 2.33. The molecule has 4 nitrogen and oxygen atoms in total.